The summed E-state index contributed by atoms with van der Waals surface area (Å²) in [6.45, 7) is 4.98. The summed E-state index contributed by atoms with van der Waals surface area (Å²) < 4.78 is 7.03. The van der Waals surface area contributed by atoms with Gasteiger partial charge in [0, 0.05) is 0 Å². The summed E-state index contributed by atoms with van der Waals surface area (Å²) >= 11 is 0. The minimum atomic E-state index is -1.05. The minimum absolute atomic E-state index is 0.325. The first-order valence-corrected chi connectivity index (χ1v) is 9.05. The molecule has 7 nitrogen and oxygen atoms in total. The van der Waals surface area contributed by atoms with Crippen LogP contribution in [-0.4, -0.2) is 27.8 Å². The number of nitriles is 1. The van der Waals surface area contributed by atoms with E-state index in [-0.39, 0.29) is 0 Å². The summed E-state index contributed by atoms with van der Waals surface area (Å²) in [5.41, 5.74) is 2.99. The first-order chi connectivity index (χ1) is 13.9. The van der Waals surface area contributed by atoms with Gasteiger partial charge in [-0.3, -0.25) is 4.79 Å². The van der Waals surface area contributed by atoms with Crippen LogP contribution in [0, 0.1) is 25.2 Å². The zero-order valence-corrected chi connectivity index (χ0v) is 16.3. The predicted molar refractivity (Wildman–Crippen MR) is 108 cm³/mol. The van der Waals surface area contributed by atoms with E-state index in [1.54, 1.807) is 42.8 Å². The van der Waals surface area contributed by atoms with Crippen LogP contribution in [0.4, 0.5) is 5.69 Å². The number of hydrogen-bond donors (Lipinski definition) is 1. The first kappa shape index (κ1) is 19.8. The van der Waals surface area contributed by atoms with Gasteiger partial charge in [0.05, 0.1) is 28.3 Å². The van der Waals surface area contributed by atoms with Crippen LogP contribution in [0.15, 0.2) is 54.6 Å². The zero-order chi connectivity index (χ0) is 21.0. The molecule has 1 aromatic heterocycles. The van der Waals surface area contributed by atoms with Gasteiger partial charge in [-0.25, -0.2) is 9.48 Å². The topological polar surface area (TPSA) is 97.0 Å². The number of esters is 1. The van der Waals surface area contributed by atoms with Crippen molar-refractivity contribution in [2.75, 3.05) is 5.32 Å². The molecule has 0 radical (unpaired) electrons. The van der Waals surface area contributed by atoms with Crippen molar-refractivity contribution in [1.82, 2.24) is 9.78 Å². The van der Waals surface area contributed by atoms with Crippen molar-refractivity contribution in [2.24, 2.45) is 0 Å². The Balaban J connectivity index is 1.76. The fourth-order valence-electron chi connectivity index (χ4n) is 2.96. The Kier molecular flexibility index (Phi) is 5.74. The van der Waals surface area contributed by atoms with Crippen LogP contribution in [0.2, 0.25) is 0 Å². The maximum atomic E-state index is 12.7. The second-order valence-corrected chi connectivity index (χ2v) is 6.49. The SMILES string of the molecule is Cc1nn(-c2ccccc2)c(C)c1C(=O)O[C@H](C)C(=O)Nc1ccccc1C#N. The van der Waals surface area contributed by atoms with E-state index in [9.17, 15) is 9.59 Å². The molecule has 0 unspecified atom stereocenters. The fourth-order valence-corrected chi connectivity index (χ4v) is 2.96. The molecule has 146 valence electrons. The van der Waals surface area contributed by atoms with Crippen molar-refractivity contribution >= 4 is 17.6 Å². The lowest BCUT2D eigenvalue weighted by Crippen LogP contribution is -2.30. The third-order valence-corrected chi connectivity index (χ3v) is 4.45. The average molecular weight is 388 g/mol. The Hall–Kier alpha value is -3.92. The van der Waals surface area contributed by atoms with Crippen LogP contribution >= 0.6 is 0 Å². The highest BCUT2D eigenvalue weighted by molar-refractivity contribution is 5.98. The van der Waals surface area contributed by atoms with Crippen LogP contribution in [0.1, 0.15) is 34.2 Å². The van der Waals surface area contributed by atoms with E-state index < -0.39 is 18.0 Å². The molecule has 2 aromatic carbocycles. The average Bonchev–Trinajstić information content (AvgIpc) is 3.03. The van der Waals surface area contributed by atoms with Gasteiger partial charge < -0.3 is 10.1 Å². The largest absolute Gasteiger partial charge is 0.449 e. The van der Waals surface area contributed by atoms with E-state index in [4.69, 9.17) is 10.00 Å². The molecule has 29 heavy (non-hydrogen) atoms. The molecule has 1 atom stereocenters. The Labute approximate surface area is 168 Å². The predicted octanol–water partition coefficient (Wildman–Crippen LogP) is 3.54. The summed E-state index contributed by atoms with van der Waals surface area (Å²) in [6, 6.07) is 18.1. The second kappa shape index (κ2) is 8.40. The van der Waals surface area contributed by atoms with E-state index in [0.717, 1.165) is 5.69 Å². The number of benzene rings is 2. The van der Waals surface area contributed by atoms with Crippen LogP contribution in [-0.2, 0) is 9.53 Å². The van der Waals surface area contributed by atoms with Gasteiger partial charge in [0.15, 0.2) is 6.10 Å². The molecule has 0 aliphatic rings. The van der Waals surface area contributed by atoms with Crippen molar-refractivity contribution in [3.8, 4) is 11.8 Å². The number of aromatic nitrogens is 2. The maximum absolute atomic E-state index is 12.7. The number of nitrogens with one attached hydrogen (secondary N) is 1. The van der Waals surface area contributed by atoms with Crippen molar-refractivity contribution in [2.45, 2.75) is 26.9 Å². The smallest absolute Gasteiger partial charge is 0.342 e. The lowest BCUT2D eigenvalue weighted by Gasteiger charge is -2.14. The summed E-state index contributed by atoms with van der Waals surface area (Å²) in [5.74, 6) is -1.15. The number of carbonyl (C=O) groups excluding carboxylic acids is 2. The maximum Gasteiger partial charge on any atom is 0.342 e. The molecule has 0 spiro atoms. The number of carbonyl (C=O) groups is 2. The number of rotatable bonds is 5. The molecule has 0 bridgehead atoms. The number of nitrogens with zero attached hydrogens (tertiary/aromatic N) is 3. The molecule has 0 aliphatic carbocycles. The summed E-state index contributed by atoms with van der Waals surface area (Å²) in [6.07, 6.45) is -1.05. The number of para-hydroxylation sites is 2. The van der Waals surface area contributed by atoms with Crippen LogP contribution in [0.3, 0.4) is 0 Å². The highest BCUT2D eigenvalue weighted by Gasteiger charge is 2.25. The monoisotopic (exact) mass is 388 g/mol. The lowest BCUT2D eigenvalue weighted by atomic mass is 10.2. The van der Waals surface area contributed by atoms with E-state index in [1.807, 2.05) is 36.4 Å². The van der Waals surface area contributed by atoms with Crippen molar-refractivity contribution < 1.29 is 14.3 Å². The molecule has 1 N–H and O–H groups in total. The van der Waals surface area contributed by atoms with Crippen molar-refractivity contribution in [3.05, 3.63) is 77.1 Å². The van der Waals surface area contributed by atoms with Gasteiger partial charge in [0.2, 0.25) is 0 Å². The Morgan fingerprint density at radius 1 is 1.10 bits per heavy atom. The molecule has 3 aromatic rings. The highest BCUT2D eigenvalue weighted by atomic mass is 16.5. The summed E-state index contributed by atoms with van der Waals surface area (Å²) in [7, 11) is 0. The minimum Gasteiger partial charge on any atom is -0.449 e. The first-order valence-electron chi connectivity index (χ1n) is 9.05. The zero-order valence-electron chi connectivity index (χ0n) is 16.3. The van der Waals surface area contributed by atoms with E-state index in [2.05, 4.69) is 10.4 Å². The molecule has 0 aliphatic heterocycles. The highest BCUT2D eigenvalue weighted by Crippen LogP contribution is 2.20. The molecule has 3 rings (SSSR count). The summed E-state index contributed by atoms with van der Waals surface area (Å²) in [4.78, 5) is 25.1. The lowest BCUT2D eigenvalue weighted by molar-refractivity contribution is -0.123. The third-order valence-electron chi connectivity index (χ3n) is 4.45. The van der Waals surface area contributed by atoms with E-state index in [0.29, 0.717) is 28.2 Å². The molecule has 0 fully saturated rings. The standard InChI is InChI=1S/C22H20N4O3/c1-14-20(15(2)26(25-14)18-10-5-4-6-11-18)22(28)29-16(3)21(27)24-19-12-8-7-9-17(19)13-23/h4-12,16H,1-3H3,(H,24,27)/t16-/m1/s1. The summed E-state index contributed by atoms with van der Waals surface area (Å²) in [5, 5.41) is 16.2. The van der Waals surface area contributed by atoms with Gasteiger partial charge in [-0.15, -0.1) is 0 Å². The molecule has 0 saturated heterocycles. The Bertz CT molecular complexity index is 1100. The van der Waals surface area contributed by atoms with E-state index >= 15 is 0 Å². The number of hydrogen-bond acceptors (Lipinski definition) is 5. The Morgan fingerprint density at radius 3 is 2.45 bits per heavy atom. The quantitative estimate of drug-likeness (QED) is 0.674. The number of ether oxygens (including phenoxy) is 1. The van der Waals surface area contributed by atoms with Gasteiger partial charge in [0.1, 0.15) is 11.6 Å². The van der Waals surface area contributed by atoms with E-state index in [1.165, 1.54) is 6.92 Å². The van der Waals surface area contributed by atoms with Crippen LogP contribution in [0.5, 0.6) is 0 Å². The van der Waals surface area contributed by atoms with Gasteiger partial charge >= 0.3 is 5.97 Å². The molecule has 1 amide bonds. The number of anilines is 1. The molecule has 7 heteroatoms. The number of aryl methyl sites for hydroxylation is 1. The second-order valence-electron chi connectivity index (χ2n) is 6.49. The van der Waals surface area contributed by atoms with Gasteiger partial charge in [0.25, 0.3) is 5.91 Å². The number of amides is 1. The molecule has 1 heterocycles. The Morgan fingerprint density at radius 2 is 1.76 bits per heavy atom. The fraction of sp³-hybridized carbons (Fsp3) is 0.182. The van der Waals surface area contributed by atoms with Crippen molar-refractivity contribution in [1.29, 1.82) is 5.26 Å². The molecule has 0 saturated carbocycles. The van der Waals surface area contributed by atoms with Crippen molar-refractivity contribution in [3.63, 3.8) is 0 Å². The van der Waals surface area contributed by atoms with Gasteiger partial charge in [-0.2, -0.15) is 10.4 Å². The van der Waals surface area contributed by atoms with Crippen LogP contribution in [0.25, 0.3) is 5.69 Å². The van der Waals surface area contributed by atoms with Gasteiger partial charge in [-0.1, -0.05) is 30.3 Å². The molecular formula is C22H20N4O3. The third kappa shape index (κ3) is 4.17. The normalized spacial score (nSPS) is 11.4. The van der Waals surface area contributed by atoms with Crippen LogP contribution < -0.4 is 5.32 Å². The van der Waals surface area contributed by atoms with Gasteiger partial charge in [-0.05, 0) is 45.0 Å². The molecular weight excluding hydrogens is 368 g/mol.